The van der Waals surface area contributed by atoms with E-state index in [4.69, 9.17) is 4.74 Å². The van der Waals surface area contributed by atoms with Crippen LogP contribution in [0, 0.1) is 0 Å². The Morgan fingerprint density at radius 3 is 3.07 bits per heavy atom. The SMILES string of the molecule is Oc1cccc(OCc2cscn2)c1. The molecule has 0 saturated carbocycles. The minimum Gasteiger partial charge on any atom is -0.508 e. The van der Waals surface area contributed by atoms with Crippen molar-refractivity contribution in [1.82, 2.24) is 4.98 Å². The van der Waals surface area contributed by atoms with Crippen LogP contribution in [0.5, 0.6) is 11.5 Å². The number of phenolic OH excluding ortho intramolecular Hbond substituents is 1. The van der Waals surface area contributed by atoms with E-state index in [0.29, 0.717) is 12.4 Å². The summed E-state index contributed by atoms with van der Waals surface area (Å²) in [6.45, 7) is 0.437. The summed E-state index contributed by atoms with van der Waals surface area (Å²) >= 11 is 1.54. The van der Waals surface area contributed by atoms with Crippen LogP contribution < -0.4 is 4.74 Å². The monoisotopic (exact) mass is 207 g/mol. The third-order valence-corrected chi connectivity index (χ3v) is 2.32. The Kier molecular flexibility index (Phi) is 2.65. The summed E-state index contributed by atoms with van der Waals surface area (Å²) in [5.41, 5.74) is 2.67. The topological polar surface area (TPSA) is 42.4 Å². The Labute approximate surface area is 85.6 Å². The van der Waals surface area contributed by atoms with E-state index in [1.807, 2.05) is 5.38 Å². The molecule has 0 fully saturated rings. The van der Waals surface area contributed by atoms with Gasteiger partial charge in [0, 0.05) is 11.4 Å². The maximum Gasteiger partial charge on any atom is 0.131 e. The van der Waals surface area contributed by atoms with Crippen LogP contribution in [0.15, 0.2) is 35.2 Å². The highest BCUT2D eigenvalue weighted by molar-refractivity contribution is 7.07. The number of aromatic hydroxyl groups is 1. The summed E-state index contributed by atoms with van der Waals surface area (Å²) in [6.07, 6.45) is 0. The molecule has 2 aromatic rings. The molecular formula is C10H9NO2S. The second kappa shape index (κ2) is 4.11. The van der Waals surface area contributed by atoms with E-state index < -0.39 is 0 Å². The lowest BCUT2D eigenvalue weighted by atomic mass is 10.3. The standard InChI is InChI=1S/C10H9NO2S/c12-9-2-1-3-10(4-9)13-5-8-6-14-7-11-8/h1-4,6-7,12H,5H2. The van der Waals surface area contributed by atoms with Crippen molar-refractivity contribution in [1.29, 1.82) is 0 Å². The van der Waals surface area contributed by atoms with Gasteiger partial charge in [0.1, 0.15) is 18.1 Å². The van der Waals surface area contributed by atoms with Gasteiger partial charge in [-0.05, 0) is 12.1 Å². The predicted molar refractivity (Wildman–Crippen MR) is 54.6 cm³/mol. The van der Waals surface area contributed by atoms with Gasteiger partial charge >= 0.3 is 0 Å². The van der Waals surface area contributed by atoms with Gasteiger partial charge in [0.25, 0.3) is 0 Å². The van der Waals surface area contributed by atoms with E-state index in [2.05, 4.69) is 4.98 Å². The van der Waals surface area contributed by atoms with Crippen molar-refractivity contribution < 1.29 is 9.84 Å². The molecule has 0 unspecified atom stereocenters. The number of thiazole rings is 1. The van der Waals surface area contributed by atoms with Gasteiger partial charge in [-0.2, -0.15) is 0 Å². The molecule has 4 heteroatoms. The zero-order valence-corrected chi connectivity index (χ0v) is 8.20. The second-order valence-corrected chi connectivity index (χ2v) is 3.48. The van der Waals surface area contributed by atoms with Crippen LogP contribution in [-0.4, -0.2) is 10.1 Å². The van der Waals surface area contributed by atoms with Crippen LogP contribution in [0.2, 0.25) is 0 Å². The van der Waals surface area contributed by atoms with E-state index in [-0.39, 0.29) is 5.75 Å². The van der Waals surface area contributed by atoms with E-state index in [1.165, 1.54) is 11.3 Å². The van der Waals surface area contributed by atoms with Crippen LogP contribution in [-0.2, 0) is 6.61 Å². The maximum atomic E-state index is 9.18. The third-order valence-electron chi connectivity index (χ3n) is 1.69. The Bertz CT molecular complexity index is 400. The highest BCUT2D eigenvalue weighted by Crippen LogP contribution is 2.18. The molecule has 0 saturated heterocycles. The first-order valence-electron chi connectivity index (χ1n) is 4.13. The molecule has 2 rings (SSSR count). The molecule has 0 spiro atoms. The Morgan fingerprint density at radius 2 is 2.36 bits per heavy atom. The van der Waals surface area contributed by atoms with Crippen LogP contribution in [0.3, 0.4) is 0 Å². The van der Waals surface area contributed by atoms with Crippen LogP contribution in [0.25, 0.3) is 0 Å². The highest BCUT2D eigenvalue weighted by Gasteiger charge is 1.97. The van der Waals surface area contributed by atoms with Crippen molar-refractivity contribution in [3.8, 4) is 11.5 Å². The molecule has 14 heavy (non-hydrogen) atoms. The lowest BCUT2D eigenvalue weighted by Gasteiger charge is -2.03. The smallest absolute Gasteiger partial charge is 0.131 e. The number of ether oxygens (including phenoxy) is 1. The van der Waals surface area contributed by atoms with Gasteiger partial charge in [0.2, 0.25) is 0 Å². The van der Waals surface area contributed by atoms with E-state index in [1.54, 1.807) is 29.8 Å². The van der Waals surface area contributed by atoms with Crippen molar-refractivity contribution in [2.24, 2.45) is 0 Å². The van der Waals surface area contributed by atoms with Crippen molar-refractivity contribution in [2.75, 3.05) is 0 Å². The summed E-state index contributed by atoms with van der Waals surface area (Å²) < 4.78 is 5.42. The number of nitrogens with zero attached hydrogens (tertiary/aromatic N) is 1. The number of aromatic nitrogens is 1. The van der Waals surface area contributed by atoms with Crippen molar-refractivity contribution >= 4 is 11.3 Å². The Balaban J connectivity index is 1.98. The first kappa shape index (κ1) is 9.02. The van der Waals surface area contributed by atoms with E-state index in [9.17, 15) is 5.11 Å². The normalized spacial score (nSPS) is 10.0. The van der Waals surface area contributed by atoms with Gasteiger partial charge in [0.15, 0.2) is 0 Å². The molecule has 72 valence electrons. The molecule has 1 aromatic heterocycles. The number of benzene rings is 1. The van der Waals surface area contributed by atoms with Gasteiger partial charge < -0.3 is 9.84 Å². The summed E-state index contributed by atoms with van der Waals surface area (Å²) in [6, 6.07) is 6.72. The van der Waals surface area contributed by atoms with Crippen molar-refractivity contribution in [3.05, 3.63) is 40.8 Å². The average Bonchev–Trinajstić information content (AvgIpc) is 2.67. The van der Waals surface area contributed by atoms with Crippen LogP contribution in [0.4, 0.5) is 0 Å². The summed E-state index contributed by atoms with van der Waals surface area (Å²) in [4.78, 5) is 4.08. The number of hydrogen-bond donors (Lipinski definition) is 1. The predicted octanol–water partition coefficient (Wildman–Crippen LogP) is 2.43. The molecular weight excluding hydrogens is 198 g/mol. The fourth-order valence-corrected chi connectivity index (χ4v) is 1.58. The summed E-state index contributed by atoms with van der Waals surface area (Å²) in [7, 11) is 0. The van der Waals surface area contributed by atoms with Gasteiger partial charge in [-0.1, -0.05) is 6.07 Å². The molecule has 0 aliphatic carbocycles. The molecule has 0 bridgehead atoms. The fraction of sp³-hybridized carbons (Fsp3) is 0.100. The van der Waals surface area contributed by atoms with Gasteiger partial charge in [-0.3, -0.25) is 0 Å². The van der Waals surface area contributed by atoms with Crippen molar-refractivity contribution in [2.45, 2.75) is 6.61 Å². The fourth-order valence-electron chi connectivity index (χ4n) is 1.04. The maximum absolute atomic E-state index is 9.18. The minimum absolute atomic E-state index is 0.209. The second-order valence-electron chi connectivity index (χ2n) is 2.77. The molecule has 1 aromatic carbocycles. The Morgan fingerprint density at radius 1 is 1.43 bits per heavy atom. The van der Waals surface area contributed by atoms with Crippen molar-refractivity contribution in [3.63, 3.8) is 0 Å². The van der Waals surface area contributed by atoms with E-state index in [0.717, 1.165) is 5.69 Å². The molecule has 0 amide bonds. The molecule has 0 atom stereocenters. The molecule has 0 radical (unpaired) electrons. The van der Waals surface area contributed by atoms with Gasteiger partial charge in [-0.25, -0.2) is 4.98 Å². The quantitative estimate of drug-likeness (QED) is 0.840. The first-order chi connectivity index (χ1) is 6.84. The summed E-state index contributed by atoms with van der Waals surface area (Å²) in [5.74, 6) is 0.860. The molecule has 1 heterocycles. The molecule has 0 aliphatic heterocycles. The molecule has 1 N–H and O–H groups in total. The number of rotatable bonds is 3. The lowest BCUT2D eigenvalue weighted by Crippen LogP contribution is -1.94. The zero-order chi connectivity index (χ0) is 9.80. The lowest BCUT2D eigenvalue weighted by molar-refractivity contribution is 0.300. The van der Waals surface area contributed by atoms with Crippen LogP contribution >= 0.6 is 11.3 Å². The zero-order valence-electron chi connectivity index (χ0n) is 7.38. The number of hydrogen-bond acceptors (Lipinski definition) is 4. The summed E-state index contributed by atoms with van der Waals surface area (Å²) in [5, 5.41) is 11.1. The Hall–Kier alpha value is -1.55. The highest BCUT2D eigenvalue weighted by atomic mass is 32.1. The largest absolute Gasteiger partial charge is 0.508 e. The number of phenols is 1. The van der Waals surface area contributed by atoms with Gasteiger partial charge in [-0.15, -0.1) is 11.3 Å². The third kappa shape index (κ3) is 2.23. The van der Waals surface area contributed by atoms with E-state index >= 15 is 0 Å². The van der Waals surface area contributed by atoms with Crippen LogP contribution in [0.1, 0.15) is 5.69 Å². The average molecular weight is 207 g/mol. The minimum atomic E-state index is 0.209. The van der Waals surface area contributed by atoms with Gasteiger partial charge in [0.05, 0.1) is 11.2 Å². The first-order valence-corrected chi connectivity index (χ1v) is 5.08. The molecule has 0 aliphatic rings. The molecule has 3 nitrogen and oxygen atoms in total.